The van der Waals surface area contributed by atoms with Gasteiger partial charge in [0.25, 0.3) is 0 Å². The molecule has 1 aliphatic rings. The zero-order chi connectivity index (χ0) is 24.5. The highest BCUT2D eigenvalue weighted by atomic mass is 16.5. The number of phenols is 1. The van der Waals surface area contributed by atoms with Gasteiger partial charge in [-0.25, -0.2) is 0 Å². The second kappa shape index (κ2) is 12.5. The summed E-state index contributed by atoms with van der Waals surface area (Å²) in [5.74, 6) is 2.44. The van der Waals surface area contributed by atoms with Crippen molar-refractivity contribution in [1.29, 1.82) is 0 Å². The van der Waals surface area contributed by atoms with Crippen molar-refractivity contribution in [2.75, 3.05) is 40.5 Å². The summed E-state index contributed by atoms with van der Waals surface area (Å²) in [5, 5.41) is 14.3. The number of hydrogen-bond acceptors (Lipinski definition) is 7. The first-order valence-corrected chi connectivity index (χ1v) is 12.5. The lowest BCUT2D eigenvalue weighted by molar-refractivity contribution is 0.222. The molecule has 1 saturated heterocycles. The molecule has 7 heteroatoms. The zero-order valence-corrected chi connectivity index (χ0v) is 20.8. The molecule has 0 bridgehead atoms. The Balaban J connectivity index is 1.34. The number of aromatic hydroxyl groups is 1. The summed E-state index contributed by atoms with van der Waals surface area (Å²) >= 11 is 0. The van der Waals surface area contributed by atoms with Gasteiger partial charge in [0, 0.05) is 11.1 Å². The van der Waals surface area contributed by atoms with Gasteiger partial charge >= 0.3 is 0 Å². The maximum Gasteiger partial charge on any atom is 0.174 e. The first-order chi connectivity index (χ1) is 17.2. The molecule has 4 rings (SSSR count). The van der Waals surface area contributed by atoms with Crippen LogP contribution in [0.2, 0.25) is 0 Å². The molecule has 7 nitrogen and oxygen atoms in total. The zero-order valence-electron chi connectivity index (χ0n) is 20.8. The number of methoxy groups -OCH3 is 2. The molecule has 2 heterocycles. The van der Waals surface area contributed by atoms with E-state index in [0.29, 0.717) is 29.6 Å². The monoisotopic (exact) mass is 480 g/mol. The molecule has 0 spiro atoms. The van der Waals surface area contributed by atoms with Crippen LogP contribution in [0, 0.1) is 0 Å². The second-order valence-corrected chi connectivity index (χ2v) is 8.99. The summed E-state index contributed by atoms with van der Waals surface area (Å²) in [6, 6.07) is 10.9. The Morgan fingerprint density at radius 3 is 2.40 bits per heavy atom. The first kappa shape index (κ1) is 24.9. The van der Waals surface area contributed by atoms with Crippen LogP contribution in [0.1, 0.15) is 44.9 Å². The predicted octanol–water partition coefficient (Wildman–Crippen LogP) is 6.16. The van der Waals surface area contributed by atoms with E-state index in [9.17, 15) is 5.11 Å². The van der Waals surface area contributed by atoms with E-state index in [1.165, 1.54) is 51.7 Å². The third-order valence-electron chi connectivity index (χ3n) is 6.56. The van der Waals surface area contributed by atoms with Crippen molar-refractivity contribution < 1.29 is 23.8 Å². The fourth-order valence-electron chi connectivity index (χ4n) is 4.58. The van der Waals surface area contributed by atoms with E-state index in [1.54, 1.807) is 38.6 Å². The molecule has 0 atom stereocenters. The second-order valence-electron chi connectivity index (χ2n) is 8.99. The van der Waals surface area contributed by atoms with Gasteiger partial charge in [-0.05, 0) is 81.2 Å². The molecule has 1 aliphatic heterocycles. The van der Waals surface area contributed by atoms with Gasteiger partial charge in [0.05, 0.1) is 27.0 Å². The van der Waals surface area contributed by atoms with Gasteiger partial charge in [0.1, 0.15) is 0 Å². The summed E-state index contributed by atoms with van der Waals surface area (Å²) in [7, 11) is 3.21. The number of nitrogens with zero attached hydrogens (tertiary/aromatic N) is 2. The van der Waals surface area contributed by atoms with Gasteiger partial charge in [-0.1, -0.05) is 30.5 Å². The van der Waals surface area contributed by atoms with Crippen LogP contribution in [0.3, 0.4) is 0 Å². The largest absolute Gasteiger partial charge is 0.504 e. The van der Waals surface area contributed by atoms with Gasteiger partial charge in [-0.2, -0.15) is 0 Å². The van der Waals surface area contributed by atoms with Crippen LogP contribution in [0.4, 0.5) is 0 Å². The van der Waals surface area contributed by atoms with Crippen LogP contribution in [-0.4, -0.2) is 55.6 Å². The third-order valence-corrected chi connectivity index (χ3v) is 6.56. The minimum atomic E-state index is 0.117. The standard InChI is InChI=1S/C28H36N2O5/c1-32-25-13-11-21(18-27(25)33-2)23-20-29-35-28(23)22-10-12-24(31)26(19-22)34-17-9-4-3-6-14-30-15-7-5-8-16-30/h10-13,18-20,31H,3-9,14-17H2,1-2H3. The molecular weight excluding hydrogens is 444 g/mol. The van der Waals surface area contributed by atoms with Crippen molar-refractivity contribution in [2.24, 2.45) is 0 Å². The molecule has 2 aromatic carbocycles. The van der Waals surface area contributed by atoms with Crippen molar-refractivity contribution in [1.82, 2.24) is 10.1 Å². The number of ether oxygens (including phenoxy) is 3. The number of benzene rings is 2. The number of hydrogen-bond donors (Lipinski definition) is 1. The molecule has 188 valence electrons. The number of likely N-dealkylation sites (tertiary alicyclic amines) is 1. The SMILES string of the molecule is COc1ccc(-c2cnoc2-c2ccc(O)c(OCCCCCCN3CCCCC3)c2)cc1OC. The van der Waals surface area contributed by atoms with Crippen LogP contribution in [-0.2, 0) is 0 Å². The van der Waals surface area contributed by atoms with Gasteiger partial charge in [0.2, 0.25) is 0 Å². The molecule has 3 aromatic rings. The van der Waals surface area contributed by atoms with E-state index in [2.05, 4.69) is 10.1 Å². The molecule has 1 aromatic heterocycles. The van der Waals surface area contributed by atoms with E-state index in [4.69, 9.17) is 18.7 Å². The smallest absolute Gasteiger partial charge is 0.174 e. The predicted molar refractivity (Wildman–Crippen MR) is 136 cm³/mol. The van der Waals surface area contributed by atoms with Gasteiger partial charge in [0.15, 0.2) is 28.8 Å². The van der Waals surface area contributed by atoms with Crippen LogP contribution >= 0.6 is 0 Å². The van der Waals surface area contributed by atoms with Crippen molar-refractivity contribution in [2.45, 2.75) is 44.9 Å². The molecule has 0 amide bonds. The molecule has 0 unspecified atom stereocenters. The van der Waals surface area contributed by atoms with Crippen LogP contribution in [0.5, 0.6) is 23.0 Å². The molecule has 1 fully saturated rings. The van der Waals surface area contributed by atoms with Crippen LogP contribution in [0.25, 0.3) is 22.5 Å². The number of phenolic OH excluding ortho intramolecular Hbond substituents is 1. The third kappa shape index (κ3) is 6.48. The average molecular weight is 481 g/mol. The van der Waals surface area contributed by atoms with Crippen LogP contribution in [0.15, 0.2) is 47.1 Å². The lowest BCUT2D eigenvalue weighted by atomic mass is 10.0. The van der Waals surface area contributed by atoms with E-state index in [1.807, 2.05) is 18.2 Å². The Bertz CT molecular complexity index is 1070. The normalized spacial score (nSPS) is 14.1. The van der Waals surface area contributed by atoms with Gasteiger partial charge < -0.3 is 28.7 Å². The number of rotatable bonds is 12. The number of unbranched alkanes of at least 4 members (excludes halogenated alkanes) is 3. The summed E-state index contributed by atoms with van der Waals surface area (Å²) in [6.45, 7) is 4.30. The fraction of sp³-hybridized carbons (Fsp3) is 0.464. The van der Waals surface area contributed by atoms with E-state index in [-0.39, 0.29) is 5.75 Å². The molecule has 0 radical (unpaired) electrons. The van der Waals surface area contributed by atoms with Crippen LogP contribution < -0.4 is 14.2 Å². The minimum Gasteiger partial charge on any atom is -0.504 e. The van der Waals surface area contributed by atoms with Crippen molar-refractivity contribution in [3.8, 4) is 45.4 Å². The fourth-order valence-corrected chi connectivity index (χ4v) is 4.58. The van der Waals surface area contributed by atoms with E-state index < -0.39 is 0 Å². The molecule has 0 saturated carbocycles. The average Bonchev–Trinajstić information content (AvgIpc) is 3.39. The Hall–Kier alpha value is -3.19. The van der Waals surface area contributed by atoms with Gasteiger partial charge in [-0.3, -0.25) is 0 Å². The van der Waals surface area contributed by atoms with Crippen molar-refractivity contribution in [3.63, 3.8) is 0 Å². The Labute approximate surface area is 207 Å². The quantitative estimate of drug-likeness (QED) is 0.311. The summed E-state index contributed by atoms with van der Waals surface area (Å²) in [4.78, 5) is 2.59. The van der Waals surface area contributed by atoms with Crippen molar-refractivity contribution >= 4 is 0 Å². The maximum atomic E-state index is 10.3. The summed E-state index contributed by atoms with van der Waals surface area (Å²) in [6.07, 6.45) is 10.3. The summed E-state index contributed by atoms with van der Waals surface area (Å²) < 4.78 is 22.3. The Kier molecular flexibility index (Phi) is 8.90. The molecular formula is C28H36N2O5. The number of piperidine rings is 1. The maximum absolute atomic E-state index is 10.3. The van der Waals surface area contributed by atoms with E-state index >= 15 is 0 Å². The lowest BCUT2D eigenvalue weighted by Gasteiger charge is -2.26. The lowest BCUT2D eigenvalue weighted by Crippen LogP contribution is -2.30. The van der Waals surface area contributed by atoms with Crippen molar-refractivity contribution in [3.05, 3.63) is 42.6 Å². The molecule has 35 heavy (non-hydrogen) atoms. The van der Waals surface area contributed by atoms with E-state index in [0.717, 1.165) is 29.5 Å². The Morgan fingerprint density at radius 1 is 0.857 bits per heavy atom. The van der Waals surface area contributed by atoms with Gasteiger partial charge in [-0.15, -0.1) is 0 Å². The highest BCUT2D eigenvalue weighted by molar-refractivity contribution is 5.81. The first-order valence-electron chi connectivity index (χ1n) is 12.5. The molecule has 1 N–H and O–H groups in total. The minimum absolute atomic E-state index is 0.117. The molecule has 0 aliphatic carbocycles. The highest BCUT2D eigenvalue weighted by Gasteiger charge is 2.17. The topological polar surface area (TPSA) is 77.2 Å². The summed E-state index contributed by atoms with van der Waals surface area (Å²) in [5.41, 5.74) is 2.48. The number of aromatic nitrogens is 1. The Morgan fingerprint density at radius 2 is 1.60 bits per heavy atom. The highest BCUT2D eigenvalue weighted by Crippen LogP contribution is 2.39.